The topological polar surface area (TPSA) is 39.7 Å². The van der Waals surface area contributed by atoms with E-state index in [0.717, 1.165) is 38.6 Å². The van der Waals surface area contributed by atoms with Gasteiger partial charge in [-0.25, -0.2) is 0 Å². The molecule has 0 amide bonds. The van der Waals surface area contributed by atoms with Gasteiger partial charge in [-0.05, 0) is 38.4 Å². The van der Waals surface area contributed by atoms with Crippen LogP contribution in [0.25, 0.3) is 0 Å². The minimum Gasteiger partial charge on any atom is -0.357 e. The molecule has 0 unspecified atom stereocenters. The molecule has 1 aromatic rings. The van der Waals surface area contributed by atoms with E-state index in [1.165, 1.54) is 5.56 Å². The monoisotopic (exact) mass is 304 g/mol. The Morgan fingerprint density at radius 2 is 1.82 bits per heavy atom. The molecule has 0 saturated heterocycles. The fourth-order valence-corrected chi connectivity index (χ4v) is 2.51. The first-order valence-corrected chi connectivity index (χ1v) is 8.14. The molecule has 2 N–H and O–H groups in total. The highest BCUT2D eigenvalue weighted by atomic mass is 15.2. The second-order valence-electron chi connectivity index (χ2n) is 6.76. The molecule has 0 aromatic heterocycles. The zero-order valence-corrected chi connectivity index (χ0v) is 14.8. The Morgan fingerprint density at radius 3 is 2.41 bits per heavy atom. The molecule has 0 fully saturated rings. The van der Waals surface area contributed by atoms with E-state index in [2.05, 4.69) is 80.7 Å². The van der Waals surface area contributed by atoms with Crippen LogP contribution in [0.5, 0.6) is 0 Å². The van der Waals surface area contributed by atoms with Gasteiger partial charge in [0.15, 0.2) is 5.96 Å². The largest absolute Gasteiger partial charge is 0.357 e. The third-order valence-electron chi connectivity index (χ3n) is 3.30. The van der Waals surface area contributed by atoms with Gasteiger partial charge in [-0.2, -0.15) is 0 Å². The summed E-state index contributed by atoms with van der Waals surface area (Å²) in [4.78, 5) is 6.95. The molecule has 124 valence electrons. The maximum absolute atomic E-state index is 4.74. The SMILES string of the molecule is CCNC(=NCC(C)(C)CN(C)C)NCCc1ccccc1. The van der Waals surface area contributed by atoms with Crippen molar-refractivity contribution in [3.05, 3.63) is 35.9 Å². The van der Waals surface area contributed by atoms with Crippen LogP contribution in [0.2, 0.25) is 0 Å². The maximum Gasteiger partial charge on any atom is 0.191 e. The molecule has 0 aliphatic heterocycles. The molecular weight excluding hydrogens is 272 g/mol. The van der Waals surface area contributed by atoms with Crippen LogP contribution in [0.3, 0.4) is 0 Å². The Kier molecular flexibility index (Phi) is 7.96. The summed E-state index contributed by atoms with van der Waals surface area (Å²) in [6, 6.07) is 10.5. The molecule has 0 aliphatic rings. The highest BCUT2D eigenvalue weighted by Crippen LogP contribution is 2.15. The van der Waals surface area contributed by atoms with E-state index in [-0.39, 0.29) is 5.41 Å². The average Bonchev–Trinajstić information content (AvgIpc) is 2.44. The molecule has 0 atom stereocenters. The van der Waals surface area contributed by atoms with Gasteiger partial charge in [0.25, 0.3) is 0 Å². The quantitative estimate of drug-likeness (QED) is 0.572. The summed E-state index contributed by atoms with van der Waals surface area (Å²) in [5.41, 5.74) is 1.52. The van der Waals surface area contributed by atoms with Crippen LogP contribution >= 0.6 is 0 Å². The Labute approximate surface area is 136 Å². The third-order valence-corrected chi connectivity index (χ3v) is 3.30. The molecule has 22 heavy (non-hydrogen) atoms. The fraction of sp³-hybridized carbons (Fsp3) is 0.611. The average molecular weight is 304 g/mol. The highest BCUT2D eigenvalue weighted by Gasteiger charge is 2.18. The number of rotatable bonds is 8. The Bertz CT molecular complexity index is 438. The molecule has 4 nitrogen and oxygen atoms in total. The first-order chi connectivity index (χ1) is 10.4. The van der Waals surface area contributed by atoms with Gasteiger partial charge < -0.3 is 15.5 Å². The second kappa shape index (κ2) is 9.46. The van der Waals surface area contributed by atoms with Crippen molar-refractivity contribution in [1.29, 1.82) is 0 Å². The molecule has 0 saturated carbocycles. The van der Waals surface area contributed by atoms with Crippen molar-refractivity contribution in [2.75, 3.05) is 40.3 Å². The van der Waals surface area contributed by atoms with Crippen molar-refractivity contribution >= 4 is 5.96 Å². The molecule has 1 rings (SSSR count). The van der Waals surface area contributed by atoms with Crippen molar-refractivity contribution < 1.29 is 0 Å². The van der Waals surface area contributed by atoms with Gasteiger partial charge in [-0.15, -0.1) is 0 Å². The summed E-state index contributed by atoms with van der Waals surface area (Å²) in [6.07, 6.45) is 1.01. The van der Waals surface area contributed by atoms with Crippen molar-refractivity contribution in [3.8, 4) is 0 Å². The molecule has 0 bridgehead atoms. The minimum atomic E-state index is 0.172. The molecule has 0 aliphatic carbocycles. The lowest BCUT2D eigenvalue weighted by molar-refractivity contribution is 0.248. The van der Waals surface area contributed by atoms with Gasteiger partial charge in [-0.3, -0.25) is 4.99 Å². The third kappa shape index (κ3) is 8.03. The maximum atomic E-state index is 4.74. The number of hydrogen-bond acceptors (Lipinski definition) is 2. The number of nitrogens with one attached hydrogen (secondary N) is 2. The van der Waals surface area contributed by atoms with Crippen LogP contribution in [0.15, 0.2) is 35.3 Å². The lowest BCUT2D eigenvalue weighted by atomic mass is 9.93. The standard InChI is InChI=1S/C18H32N4/c1-6-19-17(21-14-18(2,3)15-22(4)5)20-13-12-16-10-8-7-9-11-16/h7-11H,6,12-15H2,1-5H3,(H2,19,20,21). The van der Waals surface area contributed by atoms with E-state index in [4.69, 9.17) is 4.99 Å². The molecule has 0 radical (unpaired) electrons. The molecule has 0 spiro atoms. The number of guanidine groups is 1. The van der Waals surface area contributed by atoms with Gasteiger partial charge in [0, 0.05) is 26.2 Å². The van der Waals surface area contributed by atoms with E-state index in [0.29, 0.717) is 0 Å². The van der Waals surface area contributed by atoms with Gasteiger partial charge in [0.1, 0.15) is 0 Å². The van der Waals surface area contributed by atoms with Crippen LogP contribution in [0.1, 0.15) is 26.3 Å². The Hall–Kier alpha value is -1.55. The van der Waals surface area contributed by atoms with E-state index >= 15 is 0 Å². The van der Waals surface area contributed by atoms with Crippen molar-refractivity contribution in [2.24, 2.45) is 10.4 Å². The van der Waals surface area contributed by atoms with E-state index in [1.54, 1.807) is 0 Å². The van der Waals surface area contributed by atoms with E-state index < -0.39 is 0 Å². The fourth-order valence-electron chi connectivity index (χ4n) is 2.51. The van der Waals surface area contributed by atoms with Gasteiger partial charge >= 0.3 is 0 Å². The van der Waals surface area contributed by atoms with Crippen LogP contribution < -0.4 is 10.6 Å². The predicted octanol–water partition coefficient (Wildman–Crippen LogP) is 2.37. The first-order valence-electron chi connectivity index (χ1n) is 8.14. The lowest BCUT2D eigenvalue weighted by Gasteiger charge is -2.26. The number of benzene rings is 1. The smallest absolute Gasteiger partial charge is 0.191 e. The van der Waals surface area contributed by atoms with Gasteiger partial charge in [0.2, 0.25) is 0 Å². The summed E-state index contributed by atoms with van der Waals surface area (Å²) in [6.45, 7) is 10.2. The minimum absolute atomic E-state index is 0.172. The van der Waals surface area contributed by atoms with Gasteiger partial charge in [0.05, 0.1) is 0 Å². The summed E-state index contributed by atoms with van der Waals surface area (Å²) >= 11 is 0. The molecule has 4 heteroatoms. The normalized spacial score (nSPS) is 12.5. The summed E-state index contributed by atoms with van der Waals surface area (Å²) in [7, 11) is 4.21. The van der Waals surface area contributed by atoms with Crippen LogP contribution in [-0.4, -0.2) is 51.1 Å². The number of aliphatic imine (C=N–C) groups is 1. The zero-order valence-electron chi connectivity index (χ0n) is 14.8. The van der Waals surface area contributed by atoms with Crippen LogP contribution in [0.4, 0.5) is 0 Å². The van der Waals surface area contributed by atoms with E-state index in [1.807, 2.05) is 0 Å². The van der Waals surface area contributed by atoms with Crippen molar-refractivity contribution in [3.63, 3.8) is 0 Å². The summed E-state index contributed by atoms with van der Waals surface area (Å²) in [5, 5.41) is 6.74. The zero-order chi connectivity index (χ0) is 16.4. The second-order valence-corrected chi connectivity index (χ2v) is 6.76. The number of nitrogens with zero attached hydrogens (tertiary/aromatic N) is 2. The van der Waals surface area contributed by atoms with Crippen molar-refractivity contribution in [1.82, 2.24) is 15.5 Å². The van der Waals surface area contributed by atoms with E-state index in [9.17, 15) is 0 Å². The summed E-state index contributed by atoms with van der Waals surface area (Å²) in [5.74, 6) is 0.908. The first kappa shape index (κ1) is 18.5. The molecular formula is C18H32N4. The Balaban J connectivity index is 2.48. The molecule has 0 heterocycles. The number of hydrogen-bond donors (Lipinski definition) is 2. The molecule has 1 aromatic carbocycles. The highest BCUT2D eigenvalue weighted by molar-refractivity contribution is 5.79. The van der Waals surface area contributed by atoms with Crippen LogP contribution in [0, 0.1) is 5.41 Å². The van der Waals surface area contributed by atoms with Crippen molar-refractivity contribution in [2.45, 2.75) is 27.2 Å². The Morgan fingerprint density at radius 1 is 1.14 bits per heavy atom. The predicted molar refractivity (Wildman–Crippen MR) is 96.5 cm³/mol. The lowest BCUT2D eigenvalue weighted by Crippen LogP contribution is -2.40. The summed E-state index contributed by atoms with van der Waals surface area (Å²) < 4.78 is 0. The van der Waals surface area contributed by atoms with Crippen LogP contribution in [-0.2, 0) is 6.42 Å². The van der Waals surface area contributed by atoms with Gasteiger partial charge in [-0.1, -0.05) is 44.2 Å².